The third-order valence-corrected chi connectivity index (χ3v) is 5.81. The first-order valence-electron chi connectivity index (χ1n) is 11.3. The van der Waals surface area contributed by atoms with Gasteiger partial charge in [0.05, 0.1) is 36.2 Å². The molecule has 2 aromatic heterocycles. The molecular weight excluding hydrogens is 442 g/mol. The molecule has 2 aromatic carbocycles. The number of benzene rings is 2. The van der Waals surface area contributed by atoms with Crippen molar-refractivity contribution in [2.45, 2.75) is 6.42 Å². The summed E-state index contributed by atoms with van der Waals surface area (Å²) >= 11 is 0. The number of hydrogen-bond acceptors (Lipinski definition) is 6. The van der Waals surface area contributed by atoms with Gasteiger partial charge in [0, 0.05) is 18.8 Å². The fourth-order valence-corrected chi connectivity index (χ4v) is 4.02. The van der Waals surface area contributed by atoms with Crippen LogP contribution in [0, 0.1) is 0 Å². The lowest BCUT2D eigenvalue weighted by Crippen LogP contribution is -2.31. The SMILES string of the molecule is COc1ccc(-c2cc(OCCCN3C(=O)c4ccccc4C3=O)nc(-c3ccccn3)c2)cc1. The molecule has 0 atom stereocenters. The smallest absolute Gasteiger partial charge is 0.261 e. The Morgan fingerprint density at radius 2 is 1.51 bits per heavy atom. The molecule has 1 aliphatic rings. The maximum absolute atomic E-state index is 12.6. The van der Waals surface area contributed by atoms with Crippen LogP contribution in [0.25, 0.3) is 22.5 Å². The predicted molar refractivity (Wildman–Crippen MR) is 131 cm³/mol. The first-order chi connectivity index (χ1) is 17.1. The Kier molecular flexibility index (Phi) is 6.22. The van der Waals surface area contributed by atoms with E-state index < -0.39 is 0 Å². The Morgan fingerprint density at radius 3 is 2.17 bits per heavy atom. The molecule has 5 rings (SSSR count). The molecule has 0 radical (unpaired) electrons. The van der Waals surface area contributed by atoms with E-state index in [9.17, 15) is 9.59 Å². The van der Waals surface area contributed by atoms with Crippen LogP contribution in [0.2, 0.25) is 0 Å². The van der Waals surface area contributed by atoms with Crippen molar-refractivity contribution in [1.29, 1.82) is 0 Å². The van der Waals surface area contributed by atoms with Crippen LogP contribution in [0.1, 0.15) is 27.1 Å². The van der Waals surface area contributed by atoms with E-state index in [0.717, 1.165) is 22.6 Å². The van der Waals surface area contributed by atoms with Gasteiger partial charge in [-0.3, -0.25) is 19.5 Å². The molecule has 0 fully saturated rings. The summed E-state index contributed by atoms with van der Waals surface area (Å²) in [6, 6.07) is 24.1. The van der Waals surface area contributed by atoms with Crippen molar-refractivity contribution in [2.24, 2.45) is 0 Å². The molecule has 1 aliphatic heterocycles. The second kappa shape index (κ2) is 9.77. The van der Waals surface area contributed by atoms with Gasteiger partial charge in [0.2, 0.25) is 5.88 Å². The van der Waals surface area contributed by atoms with E-state index in [4.69, 9.17) is 9.47 Å². The van der Waals surface area contributed by atoms with E-state index in [1.807, 2.05) is 54.6 Å². The van der Waals surface area contributed by atoms with Crippen molar-refractivity contribution < 1.29 is 19.1 Å². The molecule has 174 valence electrons. The number of fused-ring (bicyclic) bond motifs is 1. The lowest BCUT2D eigenvalue weighted by molar-refractivity contribution is 0.0646. The fraction of sp³-hybridized carbons (Fsp3) is 0.143. The van der Waals surface area contributed by atoms with Crippen molar-refractivity contribution in [3.63, 3.8) is 0 Å². The van der Waals surface area contributed by atoms with Crippen LogP contribution < -0.4 is 9.47 Å². The monoisotopic (exact) mass is 465 g/mol. The highest BCUT2D eigenvalue weighted by atomic mass is 16.5. The summed E-state index contributed by atoms with van der Waals surface area (Å²) in [4.78, 5) is 35.4. The minimum atomic E-state index is -0.261. The number of rotatable bonds is 8. The first-order valence-corrected chi connectivity index (χ1v) is 11.3. The second-order valence-electron chi connectivity index (χ2n) is 8.03. The lowest BCUT2D eigenvalue weighted by atomic mass is 10.0. The van der Waals surface area contributed by atoms with Crippen LogP contribution in [0.5, 0.6) is 11.6 Å². The highest BCUT2D eigenvalue weighted by Gasteiger charge is 2.34. The molecule has 0 saturated heterocycles. The maximum Gasteiger partial charge on any atom is 0.261 e. The van der Waals surface area contributed by atoms with Gasteiger partial charge in [0.1, 0.15) is 5.75 Å². The minimum Gasteiger partial charge on any atom is -0.497 e. The molecular formula is C28H23N3O4. The molecule has 7 heteroatoms. The number of imide groups is 1. The molecule has 0 spiro atoms. The minimum absolute atomic E-state index is 0.261. The summed E-state index contributed by atoms with van der Waals surface area (Å²) in [6.45, 7) is 0.575. The Balaban J connectivity index is 1.32. The zero-order chi connectivity index (χ0) is 24.2. The van der Waals surface area contributed by atoms with E-state index >= 15 is 0 Å². The van der Waals surface area contributed by atoms with Crippen molar-refractivity contribution in [2.75, 3.05) is 20.3 Å². The molecule has 0 saturated carbocycles. The normalized spacial score (nSPS) is 12.5. The van der Waals surface area contributed by atoms with Crippen LogP contribution in [-0.4, -0.2) is 46.9 Å². The van der Waals surface area contributed by atoms with Gasteiger partial charge in [-0.2, -0.15) is 0 Å². The molecule has 3 heterocycles. The molecule has 0 bridgehead atoms. The van der Waals surface area contributed by atoms with Crippen LogP contribution in [-0.2, 0) is 0 Å². The van der Waals surface area contributed by atoms with E-state index in [1.165, 1.54) is 4.90 Å². The third-order valence-electron chi connectivity index (χ3n) is 5.81. The topological polar surface area (TPSA) is 81.6 Å². The number of amides is 2. The Morgan fingerprint density at radius 1 is 0.800 bits per heavy atom. The van der Waals surface area contributed by atoms with Crippen LogP contribution >= 0.6 is 0 Å². The summed E-state index contributed by atoms with van der Waals surface area (Å²) < 4.78 is 11.2. The maximum atomic E-state index is 12.6. The fourth-order valence-electron chi connectivity index (χ4n) is 4.02. The van der Waals surface area contributed by atoms with E-state index in [2.05, 4.69) is 9.97 Å². The van der Waals surface area contributed by atoms with E-state index in [-0.39, 0.29) is 18.4 Å². The van der Waals surface area contributed by atoms with Crippen LogP contribution in [0.4, 0.5) is 0 Å². The largest absolute Gasteiger partial charge is 0.497 e. The summed E-state index contributed by atoms with van der Waals surface area (Å²) in [5.41, 5.74) is 4.24. The van der Waals surface area contributed by atoms with Gasteiger partial charge >= 0.3 is 0 Å². The molecule has 0 aliphatic carbocycles. The zero-order valence-electron chi connectivity index (χ0n) is 19.2. The highest BCUT2D eigenvalue weighted by Crippen LogP contribution is 2.29. The number of pyridine rings is 2. The summed E-state index contributed by atoms with van der Waals surface area (Å²) in [7, 11) is 1.63. The molecule has 4 aromatic rings. The molecule has 0 N–H and O–H groups in total. The standard InChI is InChI=1S/C28H23N3O4/c1-34-21-12-10-19(11-13-21)20-17-25(24-9-4-5-14-29-24)30-26(18-20)35-16-6-15-31-27(32)22-7-2-3-8-23(22)28(31)33/h2-5,7-14,17-18H,6,15-16H2,1H3. The summed E-state index contributed by atoms with van der Waals surface area (Å²) in [6.07, 6.45) is 2.21. The summed E-state index contributed by atoms with van der Waals surface area (Å²) in [5.74, 6) is 0.698. The molecule has 2 amide bonds. The number of methoxy groups -OCH3 is 1. The second-order valence-corrected chi connectivity index (χ2v) is 8.03. The number of carbonyl (C=O) groups is 2. The van der Waals surface area contributed by atoms with Crippen molar-refractivity contribution in [3.8, 4) is 34.1 Å². The average Bonchev–Trinajstić information content (AvgIpc) is 3.16. The van der Waals surface area contributed by atoms with Gasteiger partial charge < -0.3 is 9.47 Å². The number of carbonyl (C=O) groups excluding carboxylic acids is 2. The van der Waals surface area contributed by atoms with Gasteiger partial charge in [0.15, 0.2) is 0 Å². The van der Waals surface area contributed by atoms with E-state index in [0.29, 0.717) is 35.7 Å². The van der Waals surface area contributed by atoms with Crippen LogP contribution in [0.3, 0.4) is 0 Å². The number of nitrogens with zero attached hydrogens (tertiary/aromatic N) is 3. The van der Waals surface area contributed by atoms with Crippen molar-refractivity contribution in [3.05, 3.63) is 96.2 Å². The van der Waals surface area contributed by atoms with Crippen molar-refractivity contribution in [1.82, 2.24) is 14.9 Å². The Labute approximate surface area is 203 Å². The van der Waals surface area contributed by atoms with Gasteiger partial charge in [0.25, 0.3) is 11.8 Å². The zero-order valence-corrected chi connectivity index (χ0v) is 19.2. The van der Waals surface area contributed by atoms with E-state index in [1.54, 1.807) is 37.6 Å². The first kappa shape index (κ1) is 22.3. The lowest BCUT2D eigenvalue weighted by Gasteiger charge is -2.14. The number of ether oxygens (including phenoxy) is 2. The summed E-state index contributed by atoms with van der Waals surface area (Å²) in [5, 5.41) is 0. The van der Waals surface area contributed by atoms with Gasteiger partial charge in [-0.15, -0.1) is 0 Å². The third kappa shape index (κ3) is 4.61. The molecule has 0 unspecified atom stereocenters. The van der Waals surface area contributed by atoms with Gasteiger partial charge in [-0.05, 0) is 60.0 Å². The Hall–Kier alpha value is -4.52. The predicted octanol–water partition coefficient (Wildman–Crippen LogP) is 4.88. The number of aromatic nitrogens is 2. The van der Waals surface area contributed by atoms with Crippen LogP contribution in [0.15, 0.2) is 85.1 Å². The average molecular weight is 466 g/mol. The van der Waals surface area contributed by atoms with Crippen molar-refractivity contribution >= 4 is 11.8 Å². The number of hydrogen-bond donors (Lipinski definition) is 0. The quantitative estimate of drug-likeness (QED) is 0.272. The highest BCUT2D eigenvalue weighted by molar-refractivity contribution is 6.21. The molecule has 35 heavy (non-hydrogen) atoms. The Bertz CT molecular complexity index is 1340. The van der Waals surface area contributed by atoms with Gasteiger partial charge in [-0.25, -0.2) is 4.98 Å². The molecule has 7 nitrogen and oxygen atoms in total. The van der Waals surface area contributed by atoms with Gasteiger partial charge in [-0.1, -0.05) is 30.3 Å².